The first-order valence-corrected chi connectivity index (χ1v) is 3.36. The average Bonchev–Trinajstić information content (AvgIpc) is 2.05. The number of nitrogens with zero attached hydrogens (tertiary/aromatic N) is 2. The molecule has 2 N–H and O–H groups in total. The van der Waals surface area contributed by atoms with E-state index in [-0.39, 0.29) is 0 Å². The number of rotatable bonds is 2. The third kappa shape index (κ3) is 1.46. The van der Waals surface area contributed by atoms with Gasteiger partial charge in [0.05, 0.1) is 12.7 Å². The predicted octanol–water partition coefficient (Wildman–Crippen LogP) is -0.182. The van der Waals surface area contributed by atoms with E-state index in [2.05, 4.69) is 0 Å². The van der Waals surface area contributed by atoms with Crippen molar-refractivity contribution in [1.29, 1.82) is 10.8 Å². The second-order valence-electron chi connectivity index (χ2n) is 2.33. The molecular weight excluding hydrogens is 128 g/mol. The maximum absolute atomic E-state index is 6.95. The van der Waals surface area contributed by atoms with Crippen LogP contribution in [0.5, 0.6) is 0 Å². The van der Waals surface area contributed by atoms with Gasteiger partial charge in [0.15, 0.2) is 0 Å². The quantitative estimate of drug-likeness (QED) is 0.413. The van der Waals surface area contributed by atoms with Crippen LogP contribution >= 0.6 is 0 Å². The van der Waals surface area contributed by atoms with Gasteiger partial charge in [-0.25, -0.2) is 0 Å². The molecule has 0 aromatic rings. The fourth-order valence-corrected chi connectivity index (χ4v) is 0.996. The van der Waals surface area contributed by atoms with E-state index < -0.39 is 0 Å². The van der Waals surface area contributed by atoms with Crippen LogP contribution in [0.15, 0.2) is 0 Å². The highest BCUT2D eigenvalue weighted by Gasteiger charge is 2.10. The monoisotopic (exact) mass is 140 g/mol. The molecule has 56 valence electrons. The van der Waals surface area contributed by atoms with Crippen LogP contribution in [-0.2, 0) is 0 Å². The van der Waals surface area contributed by atoms with E-state index in [0.717, 1.165) is 26.2 Å². The Labute approximate surface area is 60.4 Å². The standard InChI is InChI=1S/C6H12N4/c7-5-9-1-2-10(6-8)4-3-9/h5-8H,1-4H2. The Morgan fingerprint density at radius 1 is 0.800 bits per heavy atom. The Hall–Kier alpha value is -1.06. The lowest BCUT2D eigenvalue weighted by Gasteiger charge is -2.31. The minimum atomic E-state index is 0.874. The molecule has 0 spiro atoms. The number of hydrogen-bond donors (Lipinski definition) is 2. The van der Waals surface area contributed by atoms with Crippen molar-refractivity contribution in [2.75, 3.05) is 26.2 Å². The molecule has 0 saturated carbocycles. The maximum Gasteiger partial charge on any atom is 0.0818 e. The lowest BCUT2D eigenvalue weighted by Crippen LogP contribution is -2.44. The highest BCUT2D eigenvalue weighted by molar-refractivity contribution is 5.53. The summed E-state index contributed by atoms with van der Waals surface area (Å²) < 4.78 is 0. The number of hydrogen-bond acceptors (Lipinski definition) is 2. The summed E-state index contributed by atoms with van der Waals surface area (Å²) in [6.07, 6.45) is 2.72. The molecule has 0 aliphatic carbocycles. The van der Waals surface area contributed by atoms with E-state index in [4.69, 9.17) is 10.8 Å². The van der Waals surface area contributed by atoms with Gasteiger partial charge in [0.25, 0.3) is 0 Å². The molecule has 4 nitrogen and oxygen atoms in total. The molecule has 0 aromatic heterocycles. The predicted molar refractivity (Wildman–Crippen MR) is 40.7 cm³/mol. The van der Waals surface area contributed by atoms with Crippen LogP contribution in [0.3, 0.4) is 0 Å². The van der Waals surface area contributed by atoms with Gasteiger partial charge >= 0.3 is 0 Å². The van der Waals surface area contributed by atoms with Gasteiger partial charge in [-0.1, -0.05) is 0 Å². The molecule has 4 heteroatoms. The first-order valence-electron chi connectivity index (χ1n) is 3.36. The van der Waals surface area contributed by atoms with Crippen LogP contribution < -0.4 is 0 Å². The van der Waals surface area contributed by atoms with Crippen molar-refractivity contribution in [2.24, 2.45) is 0 Å². The van der Waals surface area contributed by atoms with Crippen LogP contribution in [0.4, 0.5) is 0 Å². The molecule has 0 bridgehead atoms. The van der Waals surface area contributed by atoms with Crippen molar-refractivity contribution in [1.82, 2.24) is 9.80 Å². The van der Waals surface area contributed by atoms with Crippen molar-refractivity contribution in [3.05, 3.63) is 0 Å². The molecule has 10 heavy (non-hydrogen) atoms. The Kier molecular flexibility index (Phi) is 2.25. The maximum atomic E-state index is 6.95. The second-order valence-corrected chi connectivity index (χ2v) is 2.33. The molecule has 0 aromatic carbocycles. The molecule has 1 saturated heterocycles. The van der Waals surface area contributed by atoms with E-state index in [9.17, 15) is 0 Å². The van der Waals surface area contributed by atoms with Crippen molar-refractivity contribution >= 4 is 12.7 Å². The Bertz CT molecular complexity index is 110. The van der Waals surface area contributed by atoms with Crippen molar-refractivity contribution in [3.8, 4) is 0 Å². The molecule has 0 amide bonds. The van der Waals surface area contributed by atoms with E-state index in [1.165, 1.54) is 12.7 Å². The van der Waals surface area contributed by atoms with E-state index in [1.807, 2.05) is 9.80 Å². The van der Waals surface area contributed by atoms with Gasteiger partial charge in [0.2, 0.25) is 0 Å². The van der Waals surface area contributed by atoms with Crippen molar-refractivity contribution in [2.45, 2.75) is 0 Å². The first-order chi connectivity index (χ1) is 4.86. The van der Waals surface area contributed by atoms with Crippen LogP contribution in [0.2, 0.25) is 0 Å². The summed E-state index contributed by atoms with van der Waals surface area (Å²) in [6.45, 7) is 3.50. The number of nitrogens with one attached hydrogen (secondary N) is 2. The first kappa shape index (κ1) is 7.05. The molecule has 0 unspecified atom stereocenters. The molecule has 1 fully saturated rings. The van der Waals surface area contributed by atoms with Crippen LogP contribution in [0, 0.1) is 10.8 Å². The molecule has 0 radical (unpaired) electrons. The summed E-state index contributed by atoms with van der Waals surface area (Å²) in [7, 11) is 0. The van der Waals surface area contributed by atoms with E-state index in [0.29, 0.717) is 0 Å². The van der Waals surface area contributed by atoms with Gasteiger partial charge in [-0.05, 0) is 0 Å². The molecule has 1 heterocycles. The van der Waals surface area contributed by atoms with Gasteiger partial charge in [0.1, 0.15) is 0 Å². The summed E-state index contributed by atoms with van der Waals surface area (Å²) in [6, 6.07) is 0. The summed E-state index contributed by atoms with van der Waals surface area (Å²) in [5, 5.41) is 13.9. The van der Waals surface area contributed by atoms with Gasteiger partial charge in [-0.15, -0.1) is 0 Å². The largest absolute Gasteiger partial charge is 0.360 e. The molecule has 0 atom stereocenters. The Morgan fingerprint density at radius 3 is 1.30 bits per heavy atom. The minimum absolute atomic E-state index is 0.874. The third-order valence-corrected chi connectivity index (χ3v) is 1.71. The SMILES string of the molecule is N=CN1CCN(C=N)CC1. The summed E-state index contributed by atoms with van der Waals surface area (Å²) in [4.78, 5) is 3.89. The summed E-state index contributed by atoms with van der Waals surface area (Å²) >= 11 is 0. The smallest absolute Gasteiger partial charge is 0.0818 e. The highest BCUT2D eigenvalue weighted by Crippen LogP contribution is 1.95. The molecule has 1 aliphatic rings. The zero-order valence-electron chi connectivity index (χ0n) is 5.88. The fraction of sp³-hybridized carbons (Fsp3) is 0.667. The van der Waals surface area contributed by atoms with Crippen LogP contribution in [0.25, 0.3) is 0 Å². The minimum Gasteiger partial charge on any atom is -0.360 e. The second kappa shape index (κ2) is 3.20. The average molecular weight is 140 g/mol. The van der Waals surface area contributed by atoms with Crippen LogP contribution in [-0.4, -0.2) is 48.7 Å². The molecule has 1 rings (SSSR count). The summed E-state index contributed by atoms with van der Waals surface area (Å²) in [5.74, 6) is 0. The van der Waals surface area contributed by atoms with E-state index in [1.54, 1.807) is 0 Å². The molecule has 1 aliphatic heterocycles. The topological polar surface area (TPSA) is 54.2 Å². The zero-order valence-corrected chi connectivity index (χ0v) is 5.88. The van der Waals surface area contributed by atoms with Crippen molar-refractivity contribution < 1.29 is 0 Å². The van der Waals surface area contributed by atoms with Gasteiger partial charge in [-0.3, -0.25) is 10.8 Å². The van der Waals surface area contributed by atoms with Gasteiger partial charge < -0.3 is 9.80 Å². The zero-order chi connectivity index (χ0) is 7.40. The van der Waals surface area contributed by atoms with E-state index >= 15 is 0 Å². The highest BCUT2D eigenvalue weighted by atomic mass is 15.3. The number of piperazine rings is 1. The van der Waals surface area contributed by atoms with Crippen molar-refractivity contribution in [3.63, 3.8) is 0 Å². The van der Waals surface area contributed by atoms with Gasteiger partial charge in [0, 0.05) is 26.2 Å². The van der Waals surface area contributed by atoms with Gasteiger partial charge in [-0.2, -0.15) is 0 Å². The fourth-order valence-electron chi connectivity index (χ4n) is 0.996. The Morgan fingerprint density at radius 2 is 1.10 bits per heavy atom. The Balaban J connectivity index is 2.30. The lowest BCUT2D eigenvalue weighted by atomic mass is 10.3. The molecular formula is C6H12N4. The normalized spacial score (nSPS) is 18.8. The van der Waals surface area contributed by atoms with Crippen LogP contribution in [0.1, 0.15) is 0 Å². The lowest BCUT2D eigenvalue weighted by molar-refractivity contribution is 0.268. The third-order valence-electron chi connectivity index (χ3n) is 1.71. The summed E-state index contributed by atoms with van der Waals surface area (Å²) in [5.41, 5.74) is 0.